The van der Waals surface area contributed by atoms with Gasteiger partial charge in [0, 0.05) is 31.6 Å². The molecule has 2 aliphatic heterocycles. The van der Waals surface area contributed by atoms with Crippen LogP contribution in [-0.2, 0) is 10.2 Å². The Kier molecular flexibility index (Phi) is 7.78. The summed E-state index contributed by atoms with van der Waals surface area (Å²) in [5.74, 6) is -1.97. The molecule has 2 saturated heterocycles. The number of halogens is 3. The molecule has 2 fully saturated rings. The summed E-state index contributed by atoms with van der Waals surface area (Å²) in [5, 5.41) is 3.19. The zero-order chi connectivity index (χ0) is 17.9. The molecule has 0 aromatic heterocycles. The first-order valence-corrected chi connectivity index (χ1v) is 10.3. The number of benzene rings is 1. The highest BCUT2D eigenvalue weighted by atomic mass is 35.5. The van der Waals surface area contributed by atoms with E-state index in [9.17, 15) is 17.2 Å². The Balaban J connectivity index is 0.00000243. The van der Waals surface area contributed by atoms with Crippen LogP contribution in [0, 0.1) is 11.6 Å². The molecule has 9 heteroatoms. The highest BCUT2D eigenvalue weighted by molar-refractivity contribution is 7.87. The van der Waals surface area contributed by atoms with Crippen LogP contribution in [0.3, 0.4) is 0 Å². The molecule has 26 heavy (non-hydrogen) atoms. The molecule has 5 nitrogen and oxygen atoms in total. The van der Waals surface area contributed by atoms with Gasteiger partial charge < -0.3 is 5.32 Å². The van der Waals surface area contributed by atoms with Crippen LogP contribution in [0.1, 0.15) is 43.6 Å². The van der Waals surface area contributed by atoms with Crippen molar-refractivity contribution in [3.63, 3.8) is 0 Å². The minimum absolute atomic E-state index is 0. The molecular formula is C17H26ClF2N3O2S. The third-order valence-electron chi connectivity index (χ3n) is 5.06. The molecule has 3 rings (SSSR count). The molecule has 1 aromatic carbocycles. The Hall–Kier alpha value is -0.800. The first-order chi connectivity index (χ1) is 12.0. The zero-order valence-corrected chi connectivity index (χ0v) is 16.2. The predicted molar refractivity (Wildman–Crippen MR) is 99.7 cm³/mol. The van der Waals surface area contributed by atoms with Gasteiger partial charge in [-0.2, -0.15) is 17.4 Å². The van der Waals surface area contributed by atoms with Gasteiger partial charge in [0.2, 0.25) is 0 Å². The Morgan fingerprint density at radius 1 is 1.08 bits per heavy atom. The Morgan fingerprint density at radius 3 is 2.42 bits per heavy atom. The maximum Gasteiger partial charge on any atom is 0.279 e. The van der Waals surface area contributed by atoms with Crippen molar-refractivity contribution >= 4 is 22.6 Å². The molecule has 1 aromatic rings. The van der Waals surface area contributed by atoms with E-state index in [1.165, 1.54) is 10.4 Å². The van der Waals surface area contributed by atoms with Gasteiger partial charge in [-0.05, 0) is 43.5 Å². The fourth-order valence-electron chi connectivity index (χ4n) is 3.67. The van der Waals surface area contributed by atoms with E-state index in [4.69, 9.17) is 0 Å². The maximum absolute atomic E-state index is 13.6. The summed E-state index contributed by atoms with van der Waals surface area (Å²) in [4.78, 5) is 0. The fourth-order valence-corrected chi connectivity index (χ4v) is 5.19. The fraction of sp³-hybridized carbons (Fsp3) is 0.647. The zero-order valence-electron chi connectivity index (χ0n) is 14.6. The Labute approximate surface area is 160 Å². The van der Waals surface area contributed by atoms with Gasteiger partial charge in [0.25, 0.3) is 10.2 Å². The van der Waals surface area contributed by atoms with E-state index in [0.717, 1.165) is 31.7 Å². The average Bonchev–Trinajstić information content (AvgIpc) is 2.88. The lowest BCUT2D eigenvalue weighted by atomic mass is 9.86. The van der Waals surface area contributed by atoms with Crippen LogP contribution in [-0.4, -0.2) is 44.9 Å². The average molecular weight is 410 g/mol. The molecule has 2 aliphatic rings. The molecule has 0 saturated carbocycles. The van der Waals surface area contributed by atoms with Gasteiger partial charge >= 0.3 is 0 Å². The highest BCUT2D eigenvalue weighted by Gasteiger charge is 2.33. The lowest BCUT2D eigenvalue weighted by molar-refractivity contribution is 0.355. The number of nitrogens with zero attached hydrogens (tertiary/aromatic N) is 1. The largest absolute Gasteiger partial charge is 0.315 e. The Bertz CT molecular complexity index is 697. The summed E-state index contributed by atoms with van der Waals surface area (Å²) in [6, 6.07) is 3.44. The molecule has 0 bridgehead atoms. The second kappa shape index (κ2) is 9.41. The van der Waals surface area contributed by atoms with E-state index < -0.39 is 21.8 Å². The first-order valence-electron chi connectivity index (χ1n) is 8.90. The second-order valence-electron chi connectivity index (χ2n) is 6.82. The summed E-state index contributed by atoms with van der Waals surface area (Å²) in [6.45, 7) is 2.25. The van der Waals surface area contributed by atoms with Gasteiger partial charge in [0.15, 0.2) is 11.6 Å². The van der Waals surface area contributed by atoms with E-state index >= 15 is 0 Å². The summed E-state index contributed by atoms with van der Waals surface area (Å²) in [6.07, 6.45) is 4.51. The van der Waals surface area contributed by atoms with Gasteiger partial charge in [-0.1, -0.05) is 18.9 Å². The number of hydrogen-bond acceptors (Lipinski definition) is 3. The second-order valence-corrected chi connectivity index (χ2v) is 8.52. The van der Waals surface area contributed by atoms with Gasteiger partial charge in [-0.15, -0.1) is 12.4 Å². The van der Waals surface area contributed by atoms with Crippen LogP contribution in [0.25, 0.3) is 0 Å². The van der Waals surface area contributed by atoms with E-state index in [2.05, 4.69) is 10.0 Å². The molecule has 2 N–H and O–H groups in total. The van der Waals surface area contributed by atoms with Crippen molar-refractivity contribution in [1.82, 2.24) is 14.3 Å². The summed E-state index contributed by atoms with van der Waals surface area (Å²) in [7, 11) is -3.59. The van der Waals surface area contributed by atoms with Crippen LogP contribution in [0.4, 0.5) is 8.78 Å². The van der Waals surface area contributed by atoms with E-state index in [0.29, 0.717) is 38.2 Å². The standard InChI is InChI=1S/C17H25F2N3O2S.ClH/c18-15-6-5-13(11-16(15)19)14-7-8-20-12-17(14)21-25(23,24)22-9-3-1-2-4-10-22;/h5-6,11,14,17,20-21H,1-4,7-10,12H2;1H. The van der Waals surface area contributed by atoms with E-state index in [-0.39, 0.29) is 24.4 Å². The lowest BCUT2D eigenvalue weighted by Gasteiger charge is -2.34. The van der Waals surface area contributed by atoms with Gasteiger partial charge in [0.05, 0.1) is 0 Å². The first kappa shape index (κ1) is 21.5. The monoisotopic (exact) mass is 409 g/mol. The SMILES string of the molecule is Cl.O=S(=O)(NC1CNCCC1c1ccc(F)c(F)c1)N1CCCCCC1. The minimum atomic E-state index is -3.59. The topological polar surface area (TPSA) is 61.4 Å². The lowest BCUT2D eigenvalue weighted by Crippen LogP contribution is -2.53. The van der Waals surface area contributed by atoms with Crippen molar-refractivity contribution in [3.8, 4) is 0 Å². The van der Waals surface area contributed by atoms with Crippen molar-refractivity contribution in [2.75, 3.05) is 26.2 Å². The summed E-state index contributed by atoms with van der Waals surface area (Å²) < 4.78 is 56.6. The maximum atomic E-state index is 13.6. The van der Waals surface area contributed by atoms with Crippen LogP contribution in [0.15, 0.2) is 18.2 Å². The Morgan fingerprint density at radius 2 is 1.77 bits per heavy atom. The highest BCUT2D eigenvalue weighted by Crippen LogP contribution is 2.28. The molecular weight excluding hydrogens is 384 g/mol. The number of hydrogen-bond donors (Lipinski definition) is 2. The normalized spacial score (nSPS) is 25.3. The van der Waals surface area contributed by atoms with Crippen molar-refractivity contribution in [2.45, 2.75) is 44.1 Å². The van der Waals surface area contributed by atoms with Crippen LogP contribution in [0.2, 0.25) is 0 Å². The molecule has 0 aliphatic carbocycles. The predicted octanol–water partition coefficient (Wildman–Crippen LogP) is 2.54. The van der Waals surface area contributed by atoms with Gasteiger partial charge in [-0.25, -0.2) is 8.78 Å². The molecule has 2 heterocycles. The molecule has 0 spiro atoms. The molecule has 0 amide bonds. The van der Waals surface area contributed by atoms with Gasteiger partial charge in [0.1, 0.15) is 0 Å². The van der Waals surface area contributed by atoms with Crippen LogP contribution < -0.4 is 10.0 Å². The van der Waals surface area contributed by atoms with Crippen LogP contribution >= 0.6 is 12.4 Å². The number of piperidine rings is 1. The minimum Gasteiger partial charge on any atom is -0.315 e. The molecule has 2 atom stereocenters. The van der Waals surface area contributed by atoms with Crippen molar-refractivity contribution in [2.24, 2.45) is 0 Å². The number of rotatable bonds is 4. The van der Waals surface area contributed by atoms with Gasteiger partial charge in [-0.3, -0.25) is 0 Å². The molecule has 0 radical (unpaired) electrons. The summed E-state index contributed by atoms with van der Waals surface area (Å²) >= 11 is 0. The van der Waals surface area contributed by atoms with E-state index in [1.807, 2.05) is 0 Å². The van der Waals surface area contributed by atoms with Crippen molar-refractivity contribution in [3.05, 3.63) is 35.4 Å². The van der Waals surface area contributed by atoms with Crippen molar-refractivity contribution < 1.29 is 17.2 Å². The van der Waals surface area contributed by atoms with Crippen LogP contribution in [0.5, 0.6) is 0 Å². The quantitative estimate of drug-likeness (QED) is 0.803. The summed E-state index contributed by atoms with van der Waals surface area (Å²) in [5.41, 5.74) is 0.629. The third kappa shape index (κ3) is 5.13. The molecule has 2 unspecified atom stereocenters. The van der Waals surface area contributed by atoms with E-state index in [1.54, 1.807) is 6.07 Å². The van der Waals surface area contributed by atoms with Crippen molar-refractivity contribution in [1.29, 1.82) is 0 Å². The molecule has 148 valence electrons. The third-order valence-corrected chi connectivity index (χ3v) is 6.70. The number of nitrogens with one attached hydrogen (secondary N) is 2. The smallest absolute Gasteiger partial charge is 0.279 e.